The predicted octanol–water partition coefficient (Wildman–Crippen LogP) is 3.80. The molecule has 0 bridgehead atoms. The SMILES string of the molecule is CN=C(NCc1cc(Br)ccc1F)N1CCC(OCCCOC)CC1.I. The second-order valence-corrected chi connectivity index (χ2v) is 6.96. The van der Waals surface area contributed by atoms with Crippen LogP contribution < -0.4 is 5.32 Å². The third kappa shape index (κ3) is 7.66. The maximum atomic E-state index is 13.9. The Morgan fingerprint density at radius 2 is 2.08 bits per heavy atom. The lowest BCUT2D eigenvalue weighted by molar-refractivity contribution is 0.00989. The third-order valence-electron chi connectivity index (χ3n) is 4.24. The van der Waals surface area contributed by atoms with Crippen LogP contribution in [-0.2, 0) is 16.0 Å². The first kappa shape index (κ1) is 23.6. The van der Waals surface area contributed by atoms with E-state index in [0.717, 1.165) is 56.0 Å². The number of nitrogens with zero attached hydrogens (tertiary/aromatic N) is 2. The molecular formula is C18H28BrFIN3O2. The van der Waals surface area contributed by atoms with Gasteiger partial charge in [0.05, 0.1) is 6.10 Å². The number of benzene rings is 1. The van der Waals surface area contributed by atoms with Crippen molar-refractivity contribution in [2.45, 2.75) is 31.9 Å². The monoisotopic (exact) mass is 543 g/mol. The molecule has 0 radical (unpaired) electrons. The maximum absolute atomic E-state index is 13.9. The van der Waals surface area contributed by atoms with Crippen molar-refractivity contribution in [1.29, 1.82) is 0 Å². The number of likely N-dealkylation sites (tertiary alicyclic amines) is 1. The minimum atomic E-state index is -0.214. The summed E-state index contributed by atoms with van der Waals surface area (Å²) in [6.07, 6.45) is 3.17. The maximum Gasteiger partial charge on any atom is 0.193 e. The van der Waals surface area contributed by atoms with Gasteiger partial charge in [0.2, 0.25) is 0 Å². The van der Waals surface area contributed by atoms with E-state index in [2.05, 4.69) is 31.1 Å². The molecule has 0 unspecified atom stereocenters. The normalized spacial score (nSPS) is 15.7. The molecule has 1 N–H and O–H groups in total. The van der Waals surface area contributed by atoms with Crippen molar-refractivity contribution in [2.75, 3.05) is 40.5 Å². The van der Waals surface area contributed by atoms with E-state index in [1.165, 1.54) is 6.07 Å². The van der Waals surface area contributed by atoms with Crippen LogP contribution in [0.1, 0.15) is 24.8 Å². The van der Waals surface area contributed by atoms with Crippen molar-refractivity contribution < 1.29 is 13.9 Å². The van der Waals surface area contributed by atoms with E-state index >= 15 is 0 Å². The van der Waals surface area contributed by atoms with Crippen LogP contribution in [0.2, 0.25) is 0 Å². The summed E-state index contributed by atoms with van der Waals surface area (Å²) < 4.78 is 25.6. The molecule has 1 aliphatic rings. The van der Waals surface area contributed by atoms with Gasteiger partial charge in [0, 0.05) is 57.0 Å². The highest BCUT2D eigenvalue weighted by Crippen LogP contribution is 2.17. The van der Waals surface area contributed by atoms with Gasteiger partial charge in [0.25, 0.3) is 0 Å². The van der Waals surface area contributed by atoms with Crippen LogP contribution in [0, 0.1) is 5.82 Å². The fourth-order valence-corrected chi connectivity index (χ4v) is 3.28. The number of nitrogens with one attached hydrogen (secondary N) is 1. The van der Waals surface area contributed by atoms with Crippen molar-refractivity contribution in [3.05, 3.63) is 34.1 Å². The van der Waals surface area contributed by atoms with Gasteiger partial charge in [0.1, 0.15) is 5.82 Å². The van der Waals surface area contributed by atoms with Gasteiger partial charge in [-0.1, -0.05) is 15.9 Å². The number of guanidine groups is 1. The second-order valence-electron chi connectivity index (χ2n) is 6.04. The van der Waals surface area contributed by atoms with Crippen LogP contribution in [0.15, 0.2) is 27.7 Å². The first-order valence-electron chi connectivity index (χ1n) is 8.64. The summed E-state index contributed by atoms with van der Waals surface area (Å²) in [5.41, 5.74) is 0.617. The summed E-state index contributed by atoms with van der Waals surface area (Å²) in [5.74, 6) is 0.589. The van der Waals surface area contributed by atoms with Crippen molar-refractivity contribution in [3.63, 3.8) is 0 Å². The minimum absolute atomic E-state index is 0. The first-order chi connectivity index (χ1) is 12.1. The molecule has 0 atom stereocenters. The summed E-state index contributed by atoms with van der Waals surface area (Å²) in [6, 6.07) is 4.96. The Morgan fingerprint density at radius 3 is 2.73 bits per heavy atom. The molecule has 1 fully saturated rings. The molecule has 0 aromatic heterocycles. The molecule has 26 heavy (non-hydrogen) atoms. The highest BCUT2D eigenvalue weighted by Gasteiger charge is 2.21. The fraction of sp³-hybridized carbons (Fsp3) is 0.611. The quantitative estimate of drug-likeness (QED) is 0.246. The number of rotatable bonds is 7. The highest BCUT2D eigenvalue weighted by molar-refractivity contribution is 14.0. The van der Waals surface area contributed by atoms with Crippen molar-refractivity contribution in [3.8, 4) is 0 Å². The van der Waals surface area contributed by atoms with Gasteiger partial charge in [-0.2, -0.15) is 0 Å². The van der Waals surface area contributed by atoms with Crippen molar-refractivity contribution in [2.24, 2.45) is 4.99 Å². The number of methoxy groups -OCH3 is 1. The minimum Gasteiger partial charge on any atom is -0.385 e. The zero-order valence-electron chi connectivity index (χ0n) is 15.3. The Balaban J connectivity index is 0.00000338. The average molecular weight is 544 g/mol. The molecule has 1 heterocycles. The Kier molecular flexibility index (Phi) is 11.7. The summed E-state index contributed by atoms with van der Waals surface area (Å²) in [6.45, 7) is 3.66. The number of hydrogen-bond donors (Lipinski definition) is 1. The fourth-order valence-electron chi connectivity index (χ4n) is 2.87. The number of piperidine rings is 1. The van der Waals surface area contributed by atoms with Crippen LogP contribution in [0.4, 0.5) is 4.39 Å². The van der Waals surface area contributed by atoms with E-state index in [-0.39, 0.29) is 29.8 Å². The largest absolute Gasteiger partial charge is 0.385 e. The van der Waals surface area contributed by atoms with Crippen LogP contribution in [0.5, 0.6) is 0 Å². The van der Waals surface area contributed by atoms with Gasteiger partial charge >= 0.3 is 0 Å². The summed E-state index contributed by atoms with van der Waals surface area (Å²) >= 11 is 3.38. The smallest absolute Gasteiger partial charge is 0.193 e. The second kappa shape index (κ2) is 12.9. The van der Waals surface area contributed by atoms with Crippen LogP contribution >= 0.6 is 39.9 Å². The van der Waals surface area contributed by atoms with E-state index in [4.69, 9.17) is 9.47 Å². The van der Waals surface area contributed by atoms with E-state index in [0.29, 0.717) is 18.2 Å². The molecule has 1 aliphatic heterocycles. The van der Waals surface area contributed by atoms with Crippen LogP contribution in [-0.4, -0.2) is 57.4 Å². The first-order valence-corrected chi connectivity index (χ1v) is 9.43. The lowest BCUT2D eigenvalue weighted by atomic mass is 10.1. The Bertz CT molecular complexity index is 569. The van der Waals surface area contributed by atoms with Gasteiger partial charge in [-0.05, 0) is 37.5 Å². The zero-order chi connectivity index (χ0) is 18.1. The molecule has 0 spiro atoms. The van der Waals surface area contributed by atoms with E-state index in [1.807, 2.05) is 0 Å². The topological polar surface area (TPSA) is 46.1 Å². The molecule has 5 nitrogen and oxygen atoms in total. The molecule has 1 aromatic rings. The van der Waals surface area contributed by atoms with Gasteiger partial charge in [0.15, 0.2) is 5.96 Å². The van der Waals surface area contributed by atoms with E-state index in [1.54, 1.807) is 26.3 Å². The molecule has 0 amide bonds. The highest BCUT2D eigenvalue weighted by atomic mass is 127. The van der Waals surface area contributed by atoms with Gasteiger partial charge in [-0.15, -0.1) is 24.0 Å². The average Bonchev–Trinajstić information content (AvgIpc) is 2.63. The van der Waals surface area contributed by atoms with Crippen molar-refractivity contribution >= 4 is 45.9 Å². The summed E-state index contributed by atoms with van der Waals surface area (Å²) in [5, 5.41) is 3.26. The predicted molar refractivity (Wildman–Crippen MR) is 117 cm³/mol. The zero-order valence-corrected chi connectivity index (χ0v) is 19.3. The third-order valence-corrected chi connectivity index (χ3v) is 4.74. The van der Waals surface area contributed by atoms with E-state index in [9.17, 15) is 4.39 Å². The van der Waals surface area contributed by atoms with Gasteiger partial charge < -0.3 is 19.7 Å². The standard InChI is InChI=1S/C18H27BrFN3O2.HI/c1-21-18(22-13-14-12-15(19)4-5-17(14)20)23-8-6-16(7-9-23)25-11-3-10-24-2;/h4-5,12,16H,3,6-11,13H2,1-2H3,(H,21,22);1H. The lowest BCUT2D eigenvalue weighted by Crippen LogP contribution is -2.46. The molecule has 8 heteroatoms. The van der Waals surface area contributed by atoms with Crippen LogP contribution in [0.25, 0.3) is 0 Å². The number of ether oxygens (including phenoxy) is 2. The molecule has 1 aromatic carbocycles. The lowest BCUT2D eigenvalue weighted by Gasteiger charge is -2.34. The Hall–Kier alpha value is -0.450. The Morgan fingerprint density at radius 1 is 1.35 bits per heavy atom. The molecule has 1 saturated heterocycles. The number of hydrogen-bond acceptors (Lipinski definition) is 3. The summed E-state index contributed by atoms with van der Waals surface area (Å²) in [4.78, 5) is 6.53. The molecule has 148 valence electrons. The van der Waals surface area contributed by atoms with Crippen molar-refractivity contribution in [1.82, 2.24) is 10.2 Å². The van der Waals surface area contributed by atoms with Crippen LogP contribution in [0.3, 0.4) is 0 Å². The molecular weight excluding hydrogens is 516 g/mol. The molecule has 0 aliphatic carbocycles. The molecule has 0 saturated carbocycles. The number of aliphatic imine (C=N–C) groups is 1. The number of halogens is 3. The summed E-state index contributed by atoms with van der Waals surface area (Å²) in [7, 11) is 3.46. The van der Waals surface area contributed by atoms with Gasteiger partial charge in [-0.25, -0.2) is 4.39 Å². The molecule has 2 rings (SSSR count). The Labute approximate surface area is 180 Å². The van der Waals surface area contributed by atoms with Gasteiger partial charge in [-0.3, -0.25) is 4.99 Å². The van der Waals surface area contributed by atoms with E-state index < -0.39 is 0 Å².